The third-order valence-corrected chi connectivity index (χ3v) is 3.53. The summed E-state index contributed by atoms with van der Waals surface area (Å²) >= 11 is 3.49. The zero-order valence-electron chi connectivity index (χ0n) is 11.5. The minimum Gasteiger partial charge on any atom is -0.493 e. The quantitative estimate of drug-likeness (QED) is 0.624. The molecule has 2 aromatic carbocycles. The summed E-state index contributed by atoms with van der Waals surface area (Å²) in [6, 6.07) is 16.0. The summed E-state index contributed by atoms with van der Waals surface area (Å²) in [5.41, 5.74) is 5.01. The van der Waals surface area contributed by atoms with E-state index < -0.39 is 0 Å². The highest BCUT2D eigenvalue weighted by Gasteiger charge is 2.16. The Hall–Kier alpha value is -1.36. The van der Waals surface area contributed by atoms with Gasteiger partial charge in [0.1, 0.15) is 5.75 Å². The van der Waals surface area contributed by atoms with Gasteiger partial charge in [-0.3, -0.25) is 5.84 Å². The zero-order valence-corrected chi connectivity index (χ0v) is 13.1. The van der Waals surface area contributed by atoms with Crippen molar-refractivity contribution in [1.29, 1.82) is 0 Å². The molecule has 0 saturated heterocycles. The first-order chi connectivity index (χ1) is 9.76. The van der Waals surface area contributed by atoms with Crippen molar-refractivity contribution >= 4 is 15.9 Å². The molecule has 0 bridgehead atoms. The Kier molecular flexibility index (Phi) is 5.59. The average Bonchev–Trinajstić information content (AvgIpc) is 2.47. The van der Waals surface area contributed by atoms with Gasteiger partial charge in [0.2, 0.25) is 0 Å². The maximum atomic E-state index is 5.81. The Bertz CT molecular complexity index is 560. The van der Waals surface area contributed by atoms with Crippen molar-refractivity contribution in [3.63, 3.8) is 0 Å². The second-order valence-corrected chi connectivity index (χ2v) is 5.46. The van der Waals surface area contributed by atoms with Crippen LogP contribution >= 0.6 is 15.9 Å². The first-order valence-electron chi connectivity index (χ1n) is 6.69. The van der Waals surface area contributed by atoms with Gasteiger partial charge in [0.05, 0.1) is 12.6 Å². The van der Waals surface area contributed by atoms with E-state index in [9.17, 15) is 0 Å². The number of hydrogen-bond donors (Lipinski definition) is 2. The summed E-state index contributed by atoms with van der Waals surface area (Å²) in [6.45, 7) is 2.79. The summed E-state index contributed by atoms with van der Waals surface area (Å²) < 4.78 is 6.84. The van der Waals surface area contributed by atoms with Gasteiger partial charge in [0.25, 0.3) is 0 Å². The fraction of sp³-hybridized carbons (Fsp3) is 0.250. The van der Waals surface area contributed by atoms with Crippen LogP contribution in [-0.4, -0.2) is 6.61 Å². The van der Waals surface area contributed by atoms with E-state index in [1.807, 2.05) is 42.5 Å². The summed E-state index contributed by atoms with van der Waals surface area (Å²) in [5, 5.41) is 0. The van der Waals surface area contributed by atoms with E-state index in [1.165, 1.54) is 0 Å². The van der Waals surface area contributed by atoms with Crippen molar-refractivity contribution in [1.82, 2.24) is 5.43 Å². The third kappa shape index (κ3) is 3.60. The lowest BCUT2D eigenvalue weighted by Gasteiger charge is -2.20. The number of ether oxygens (including phenoxy) is 1. The minimum absolute atomic E-state index is 0.0967. The van der Waals surface area contributed by atoms with Gasteiger partial charge in [0, 0.05) is 10.0 Å². The Morgan fingerprint density at radius 2 is 2.00 bits per heavy atom. The summed E-state index contributed by atoms with van der Waals surface area (Å²) in [4.78, 5) is 0. The van der Waals surface area contributed by atoms with Crippen LogP contribution in [0, 0.1) is 0 Å². The van der Waals surface area contributed by atoms with Crippen LogP contribution in [-0.2, 0) is 0 Å². The average molecular weight is 335 g/mol. The van der Waals surface area contributed by atoms with Gasteiger partial charge in [-0.25, -0.2) is 5.43 Å². The molecule has 0 heterocycles. The van der Waals surface area contributed by atoms with Crippen molar-refractivity contribution in [2.24, 2.45) is 5.84 Å². The predicted octanol–water partition coefficient (Wildman–Crippen LogP) is 3.79. The van der Waals surface area contributed by atoms with E-state index in [2.05, 4.69) is 34.3 Å². The van der Waals surface area contributed by atoms with Crippen LogP contribution in [0.15, 0.2) is 53.0 Å². The number of para-hydroxylation sites is 1. The molecule has 0 amide bonds. The molecule has 0 fully saturated rings. The third-order valence-electron chi connectivity index (χ3n) is 3.04. The monoisotopic (exact) mass is 334 g/mol. The van der Waals surface area contributed by atoms with Crippen LogP contribution < -0.4 is 16.0 Å². The Balaban J connectivity index is 2.36. The highest BCUT2D eigenvalue weighted by Crippen LogP contribution is 2.30. The molecule has 0 aromatic heterocycles. The van der Waals surface area contributed by atoms with E-state index >= 15 is 0 Å². The molecule has 0 saturated carbocycles. The minimum atomic E-state index is -0.0967. The number of benzene rings is 2. The molecule has 3 nitrogen and oxygen atoms in total. The SMILES string of the molecule is CCCOc1ccccc1C(NN)c1cccc(Br)c1. The van der Waals surface area contributed by atoms with E-state index in [0.717, 1.165) is 27.8 Å². The molecule has 2 aromatic rings. The van der Waals surface area contributed by atoms with Crippen LogP contribution in [0.25, 0.3) is 0 Å². The van der Waals surface area contributed by atoms with Gasteiger partial charge >= 0.3 is 0 Å². The van der Waals surface area contributed by atoms with Crippen LogP contribution in [0.5, 0.6) is 5.75 Å². The summed E-state index contributed by atoms with van der Waals surface area (Å²) in [7, 11) is 0. The van der Waals surface area contributed by atoms with Gasteiger partial charge in [-0.05, 0) is 30.2 Å². The second-order valence-electron chi connectivity index (χ2n) is 4.54. The Morgan fingerprint density at radius 1 is 1.20 bits per heavy atom. The predicted molar refractivity (Wildman–Crippen MR) is 85.5 cm³/mol. The molecular weight excluding hydrogens is 316 g/mol. The Labute approximate surface area is 128 Å². The van der Waals surface area contributed by atoms with Crippen LogP contribution in [0.3, 0.4) is 0 Å². The second kappa shape index (κ2) is 7.43. The first-order valence-corrected chi connectivity index (χ1v) is 7.49. The van der Waals surface area contributed by atoms with E-state index in [4.69, 9.17) is 10.6 Å². The maximum Gasteiger partial charge on any atom is 0.124 e. The number of hydrogen-bond acceptors (Lipinski definition) is 3. The van der Waals surface area contributed by atoms with Crippen molar-refractivity contribution < 1.29 is 4.74 Å². The largest absolute Gasteiger partial charge is 0.493 e. The number of rotatable bonds is 6. The van der Waals surface area contributed by atoms with Gasteiger partial charge in [-0.2, -0.15) is 0 Å². The van der Waals surface area contributed by atoms with Crippen LogP contribution in [0.2, 0.25) is 0 Å². The summed E-state index contributed by atoms with van der Waals surface area (Å²) in [5.74, 6) is 6.64. The topological polar surface area (TPSA) is 47.3 Å². The van der Waals surface area contributed by atoms with Gasteiger partial charge < -0.3 is 4.74 Å². The van der Waals surface area contributed by atoms with Crippen molar-refractivity contribution in [3.8, 4) is 5.75 Å². The molecule has 20 heavy (non-hydrogen) atoms. The molecule has 3 N–H and O–H groups in total. The lowest BCUT2D eigenvalue weighted by atomic mass is 9.98. The number of nitrogens with one attached hydrogen (secondary N) is 1. The fourth-order valence-corrected chi connectivity index (χ4v) is 2.53. The Morgan fingerprint density at radius 3 is 2.70 bits per heavy atom. The van der Waals surface area contributed by atoms with Crippen molar-refractivity contribution in [2.75, 3.05) is 6.61 Å². The smallest absolute Gasteiger partial charge is 0.124 e. The molecule has 0 aliphatic heterocycles. The highest BCUT2D eigenvalue weighted by atomic mass is 79.9. The molecular formula is C16H19BrN2O. The van der Waals surface area contributed by atoms with Crippen molar-refractivity contribution in [2.45, 2.75) is 19.4 Å². The highest BCUT2D eigenvalue weighted by molar-refractivity contribution is 9.10. The molecule has 1 atom stereocenters. The molecule has 106 valence electrons. The molecule has 1 unspecified atom stereocenters. The fourth-order valence-electron chi connectivity index (χ4n) is 2.11. The zero-order chi connectivity index (χ0) is 14.4. The lowest BCUT2D eigenvalue weighted by Crippen LogP contribution is -2.29. The first kappa shape index (κ1) is 15.0. The van der Waals surface area contributed by atoms with E-state index in [1.54, 1.807) is 0 Å². The van der Waals surface area contributed by atoms with E-state index in [-0.39, 0.29) is 6.04 Å². The number of halogens is 1. The number of nitrogens with two attached hydrogens (primary N) is 1. The molecule has 4 heteroatoms. The normalized spacial score (nSPS) is 12.2. The lowest BCUT2D eigenvalue weighted by molar-refractivity contribution is 0.311. The molecule has 0 aliphatic carbocycles. The summed E-state index contributed by atoms with van der Waals surface area (Å²) in [6.07, 6.45) is 0.978. The molecule has 2 rings (SSSR count). The van der Waals surface area contributed by atoms with Crippen molar-refractivity contribution in [3.05, 3.63) is 64.1 Å². The van der Waals surface area contributed by atoms with Gasteiger partial charge in [0.15, 0.2) is 0 Å². The van der Waals surface area contributed by atoms with Crippen LogP contribution in [0.1, 0.15) is 30.5 Å². The molecule has 0 aliphatic rings. The van der Waals surface area contributed by atoms with Gasteiger partial charge in [-0.1, -0.05) is 53.2 Å². The van der Waals surface area contributed by atoms with Gasteiger partial charge in [-0.15, -0.1) is 0 Å². The molecule has 0 radical (unpaired) electrons. The molecule has 0 spiro atoms. The number of hydrazine groups is 1. The standard InChI is InChI=1S/C16H19BrN2O/c1-2-10-20-15-9-4-3-8-14(15)16(19-18)12-6-5-7-13(17)11-12/h3-9,11,16,19H,2,10,18H2,1H3. The van der Waals surface area contributed by atoms with Crippen LogP contribution in [0.4, 0.5) is 0 Å². The van der Waals surface area contributed by atoms with E-state index in [0.29, 0.717) is 6.61 Å². The maximum absolute atomic E-state index is 5.81.